The van der Waals surface area contributed by atoms with Gasteiger partial charge in [0.25, 0.3) is 0 Å². The molecule has 0 radical (unpaired) electrons. The molecule has 0 aliphatic heterocycles. The molecule has 2 rings (SSSR count). The molecule has 0 saturated heterocycles. The zero-order valence-corrected chi connectivity index (χ0v) is 12.9. The van der Waals surface area contributed by atoms with Gasteiger partial charge in [0.1, 0.15) is 11.5 Å². The van der Waals surface area contributed by atoms with Crippen LogP contribution in [0.1, 0.15) is 35.8 Å². The van der Waals surface area contributed by atoms with Crippen molar-refractivity contribution in [1.82, 2.24) is 5.16 Å². The lowest BCUT2D eigenvalue weighted by molar-refractivity contribution is 0.304. The number of benzene rings is 1. The molecule has 1 heterocycles. The van der Waals surface area contributed by atoms with Crippen LogP contribution in [0.25, 0.3) is 0 Å². The molecule has 0 bridgehead atoms. The number of nitriles is 1. The maximum Gasteiger partial charge on any atom is 0.138 e. The van der Waals surface area contributed by atoms with E-state index < -0.39 is 0 Å². The summed E-state index contributed by atoms with van der Waals surface area (Å²) in [7, 11) is 0. The van der Waals surface area contributed by atoms with Crippen LogP contribution < -0.4 is 4.74 Å². The molecule has 2 aromatic rings. The van der Waals surface area contributed by atoms with Gasteiger partial charge in [-0.2, -0.15) is 5.26 Å². The topological polar surface area (TPSA) is 59.0 Å². The molecule has 0 aliphatic rings. The van der Waals surface area contributed by atoms with E-state index in [0.717, 1.165) is 29.2 Å². The highest BCUT2D eigenvalue weighted by molar-refractivity contribution is 6.30. The van der Waals surface area contributed by atoms with E-state index in [1.54, 1.807) is 12.1 Å². The van der Waals surface area contributed by atoms with Crippen molar-refractivity contribution >= 4 is 11.6 Å². The van der Waals surface area contributed by atoms with Gasteiger partial charge in [-0.1, -0.05) is 16.8 Å². The lowest BCUT2D eigenvalue weighted by atomic mass is 9.94. The van der Waals surface area contributed by atoms with E-state index >= 15 is 0 Å². The normalized spacial score (nSPS) is 11.9. The maximum absolute atomic E-state index is 9.32. The Bertz CT molecular complexity index is 609. The fourth-order valence-electron chi connectivity index (χ4n) is 2.27. The second-order valence-electron chi connectivity index (χ2n) is 4.86. The second-order valence-corrected chi connectivity index (χ2v) is 5.30. The number of hydrogen-bond acceptors (Lipinski definition) is 4. The molecular formula is C16H17ClN2O2. The van der Waals surface area contributed by atoms with E-state index in [9.17, 15) is 5.26 Å². The fourth-order valence-corrected chi connectivity index (χ4v) is 2.40. The van der Waals surface area contributed by atoms with Crippen LogP contribution in [0.2, 0.25) is 5.02 Å². The van der Waals surface area contributed by atoms with E-state index in [0.29, 0.717) is 18.1 Å². The molecule has 1 unspecified atom stereocenters. The summed E-state index contributed by atoms with van der Waals surface area (Å²) < 4.78 is 10.7. The van der Waals surface area contributed by atoms with E-state index in [-0.39, 0.29) is 5.92 Å². The van der Waals surface area contributed by atoms with Gasteiger partial charge in [-0.3, -0.25) is 0 Å². The number of ether oxygens (including phenoxy) is 1. The Balaban J connectivity index is 1.85. The summed E-state index contributed by atoms with van der Waals surface area (Å²) >= 11 is 5.81. The minimum atomic E-state index is -0.204. The van der Waals surface area contributed by atoms with Crippen LogP contribution in [-0.2, 0) is 0 Å². The Morgan fingerprint density at radius 2 is 2.05 bits per heavy atom. The highest BCUT2D eigenvalue weighted by Crippen LogP contribution is 2.27. The van der Waals surface area contributed by atoms with Gasteiger partial charge < -0.3 is 9.26 Å². The number of aryl methyl sites for hydroxylation is 2. The van der Waals surface area contributed by atoms with Gasteiger partial charge in [0, 0.05) is 10.6 Å². The summed E-state index contributed by atoms with van der Waals surface area (Å²) in [6.45, 7) is 4.26. The third-order valence-corrected chi connectivity index (χ3v) is 3.56. The summed E-state index contributed by atoms with van der Waals surface area (Å²) in [4.78, 5) is 0. The van der Waals surface area contributed by atoms with Gasteiger partial charge in [0.05, 0.1) is 24.3 Å². The minimum absolute atomic E-state index is 0.204. The molecule has 0 aliphatic carbocycles. The Kier molecular flexibility index (Phi) is 5.24. The van der Waals surface area contributed by atoms with E-state index in [4.69, 9.17) is 20.9 Å². The molecular weight excluding hydrogens is 288 g/mol. The zero-order valence-electron chi connectivity index (χ0n) is 12.1. The monoisotopic (exact) mass is 304 g/mol. The molecule has 110 valence electrons. The number of nitrogens with zero attached hydrogens (tertiary/aromatic N) is 2. The number of hydrogen-bond donors (Lipinski definition) is 0. The summed E-state index contributed by atoms with van der Waals surface area (Å²) in [6, 6.07) is 9.56. The zero-order chi connectivity index (χ0) is 15.2. The quantitative estimate of drug-likeness (QED) is 0.742. The highest BCUT2D eigenvalue weighted by Gasteiger charge is 2.19. The molecule has 0 fully saturated rings. The Labute approximate surface area is 129 Å². The van der Waals surface area contributed by atoms with Crippen molar-refractivity contribution in [2.45, 2.75) is 32.6 Å². The molecule has 0 amide bonds. The van der Waals surface area contributed by atoms with Gasteiger partial charge in [0.15, 0.2) is 0 Å². The standard InChI is InChI=1S/C16H17ClN2O2/c1-11-16(12(2)21-19-11)13(10-18)4-3-9-20-15-7-5-14(17)6-8-15/h5-8,13H,3-4,9H2,1-2H3. The minimum Gasteiger partial charge on any atom is -0.494 e. The molecule has 0 N–H and O–H groups in total. The van der Waals surface area contributed by atoms with Crippen LogP contribution in [0.3, 0.4) is 0 Å². The summed E-state index contributed by atoms with van der Waals surface area (Å²) in [5.41, 5.74) is 1.70. The molecule has 1 aromatic carbocycles. The molecule has 5 heteroatoms. The van der Waals surface area contributed by atoms with Gasteiger partial charge in [-0.05, 0) is 51.0 Å². The van der Waals surface area contributed by atoms with Gasteiger partial charge in [0.2, 0.25) is 0 Å². The first-order valence-electron chi connectivity index (χ1n) is 6.82. The van der Waals surface area contributed by atoms with Gasteiger partial charge in [-0.25, -0.2) is 0 Å². The largest absolute Gasteiger partial charge is 0.494 e. The van der Waals surface area contributed by atoms with Crippen molar-refractivity contribution in [2.75, 3.05) is 6.61 Å². The van der Waals surface area contributed by atoms with Crippen molar-refractivity contribution < 1.29 is 9.26 Å². The third kappa shape index (κ3) is 3.99. The Hall–Kier alpha value is -1.99. The first-order chi connectivity index (χ1) is 10.1. The maximum atomic E-state index is 9.32. The molecule has 4 nitrogen and oxygen atoms in total. The van der Waals surface area contributed by atoms with Gasteiger partial charge >= 0.3 is 0 Å². The average molecular weight is 305 g/mol. The summed E-state index contributed by atoms with van der Waals surface area (Å²) in [5, 5.41) is 13.9. The van der Waals surface area contributed by atoms with Crippen molar-refractivity contribution in [2.24, 2.45) is 0 Å². The molecule has 1 atom stereocenters. The van der Waals surface area contributed by atoms with E-state index in [2.05, 4.69) is 11.2 Å². The molecule has 0 saturated carbocycles. The van der Waals surface area contributed by atoms with E-state index in [1.165, 1.54) is 0 Å². The van der Waals surface area contributed by atoms with Gasteiger partial charge in [-0.15, -0.1) is 0 Å². The Morgan fingerprint density at radius 3 is 2.62 bits per heavy atom. The highest BCUT2D eigenvalue weighted by atomic mass is 35.5. The Morgan fingerprint density at radius 1 is 1.33 bits per heavy atom. The predicted molar refractivity (Wildman–Crippen MR) is 80.5 cm³/mol. The van der Waals surface area contributed by atoms with Crippen LogP contribution in [0.4, 0.5) is 0 Å². The van der Waals surface area contributed by atoms with Crippen LogP contribution in [0.5, 0.6) is 5.75 Å². The molecule has 21 heavy (non-hydrogen) atoms. The van der Waals surface area contributed by atoms with Crippen molar-refractivity contribution in [3.63, 3.8) is 0 Å². The summed E-state index contributed by atoms with van der Waals surface area (Å²) in [6.07, 6.45) is 1.50. The third-order valence-electron chi connectivity index (χ3n) is 3.31. The molecule has 0 spiro atoms. The SMILES string of the molecule is Cc1noc(C)c1C(C#N)CCCOc1ccc(Cl)cc1. The predicted octanol–water partition coefficient (Wildman–Crippen LogP) is 4.41. The van der Waals surface area contributed by atoms with E-state index in [1.807, 2.05) is 26.0 Å². The van der Waals surface area contributed by atoms with Crippen LogP contribution in [-0.4, -0.2) is 11.8 Å². The lowest BCUT2D eigenvalue weighted by Gasteiger charge is -2.10. The number of halogens is 1. The molecule has 1 aromatic heterocycles. The van der Waals surface area contributed by atoms with Crippen LogP contribution in [0, 0.1) is 25.2 Å². The first kappa shape index (κ1) is 15.4. The number of aromatic nitrogens is 1. The van der Waals surface area contributed by atoms with Crippen molar-refractivity contribution in [3.05, 3.63) is 46.3 Å². The van der Waals surface area contributed by atoms with Crippen molar-refractivity contribution in [1.29, 1.82) is 5.26 Å². The fraction of sp³-hybridized carbons (Fsp3) is 0.375. The van der Waals surface area contributed by atoms with Crippen LogP contribution in [0.15, 0.2) is 28.8 Å². The average Bonchev–Trinajstić information content (AvgIpc) is 2.81. The summed E-state index contributed by atoms with van der Waals surface area (Å²) in [5.74, 6) is 1.30. The first-order valence-corrected chi connectivity index (χ1v) is 7.20. The lowest BCUT2D eigenvalue weighted by Crippen LogP contribution is -2.03. The smallest absolute Gasteiger partial charge is 0.138 e. The van der Waals surface area contributed by atoms with Crippen molar-refractivity contribution in [3.8, 4) is 11.8 Å². The van der Waals surface area contributed by atoms with Crippen LogP contribution >= 0.6 is 11.6 Å². The number of rotatable bonds is 6. The second kappa shape index (κ2) is 7.14.